The zero-order valence-electron chi connectivity index (χ0n) is 9.69. The van der Waals surface area contributed by atoms with Crippen LogP contribution in [0.3, 0.4) is 0 Å². The summed E-state index contributed by atoms with van der Waals surface area (Å²) in [6.07, 6.45) is 2.33. The van der Waals surface area contributed by atoms with Crippen molar-refractivity contribution in [2.75, 3.05) is 19.6 Å². The third-order valence-electron chi connectivity index (χ3n) is 3.28. The summed E-state index contributed by atoms with van der Waals surface area (Å²) in [5, 5.41) is 18.7. The van der Waals surface area contributed by atoms with E-state index in [1.165, 1.54) is 6.42 Å². The summed E-state index contributed by atoms with van der Waals surface area (Å²) in [7, 11) is 0. The maximum Gasteiger partial charge on any atom is 0.157 e. The van der Waals surface area contributed by atoms with Gasteiger partial charge < -0.3 is 15.1 Å². The van der Waals surface area contributed by atoms with E-state index in [0.29, 0.717) is 5.92 Å². The number of benzene rings is 1. The normalized spacial score (nSPS) is 21.4. The van der Waals surface area contributed by atoms with Crippen LogP contribution in [0.4, 0.5) is 0 Å². The van der Waals surface area contributed by atoms with Crippen molar-refractivity contribution in [1.82, 2.24) is 4.90 Å². The molecule has 0 aromatic heterocycles. The maximum absolute atomic E-state index is 9.47. The summed E-state index contributed by atoms with van der Waals surface area (Å²) < 4.78 is 0. The molecular weight excluding hydrogens is 202 g/mol. The van der Waals surface area contributed by atoms with Crippen molar-refractivity contribution in [2.24, 2.45) is 0 Å². The molecule has 1 aromatic rings. The Morgan fingerprint density at radius 3 is 2.81 bits per heavy atom. The molecule has 2 N–H and O–H groups in total. The van der Waals surface area contributed by atoms with Crippen LogP contribution in [-0.2, 0) is 0 Å². The average Bonchev–Trinajstić information content (AvgIpc) is 2.71. The van der Waals surface area contributed by atoms with Gasteiger partial charge in [-0.2, -0.15) is 0 Å². The van der Waals surface area contributed by atoms with E-state index >= 15 is 0 Å². The van der Waals surface area contributed by atoms with Gasteiger partial charge in [-0.3, -0.25) is 0 Å². The van der Waals surface area contributed by atoms with Gasteiger partial charge in [-0.05, 0) is 49.5 Å². The highest BCUT2D eigenvalue weighted by Gasteiger charge is 2.23. The molecule has 0 amide bonds. The van der Waals surface area contributed by atoms with Gasteiger partial charge in [0.1, 0.15) is 0 Å². The highest BCUT2D eigenvalue weighted by atomic mass is 16.3. The van der Waals surface area contributed by atoms with E-state index in [1.54, 1.807) is 12.1 Å². The molecule has 0 saturated carbocycles. The van der Waals surface area contributed by atoms with Gasteiger partial charge in [-0.25, -0.2) is 0 Å². The minimum atomic E-state index is -0.0350. The Balaban J connectivity index is 2.05. The SMILES string of the molecule is CCCN1CC[C@@H](c2ccc(O)c(O)c2)C1. The Labute approximate surface area is 96.3 Å². The van der Waals surface area contributed by atoms with E-state index in [1.807, 2.05) is 6.07 Å². The number of hydrogen-bond acceptors (Lipinski definition) is 3. The predicted molar refractivity (Wildman–Crippen MR) is 63.9 cm³/mol. The molecule has 3 heteroatoms. The number of phenols is 2. The van der Waals surface area contributed by atoms with Crippen molar-refractivity contribution in [1.29, 1.82) is 0 Å². The summed E-state index contributed by atoms with van der Waals surface area (Å²) in [6, 6.07) is 5.18. The number of rotatable bonds is 3. The molecule has 1 aromatic carbocycles. The third-order valence-corrected chi connectivity index (χ3v) is 3.28. The number of hydrogen-bond donors (Lipinski definition) is 2. The third kappa shape index (κ3) is 2.30. The first-order chi connectivity index (χ1) is 7.70. The second-order valence-electron chi connectivity index (χ2n) is 4.53. The minimum absolute atomic E-state index is 0.00792. The van der Waals surface area contributed by atoms with Gasteiger partial charge in [-0.15, -0.1) is 0 Å². The van der Waals surface area contributed by atoms with E-state index in [-0.39, 0.29) is 11.5 Å². The number of phenolic OH excluding ortho intramolecular Hbond substituents is 2. The molecule has 1 atom stereocenters. The quantitative estimate of drug-likeness (QED) is 0.770. The maximum atomic E-state index is 9.47. The Kier molecular flexibility index (Phi) is 3.34. The van der Waals surface area contributed by atoms with Crippen LogP contribution in [0.15, 0.2) is 18.2 Å². The van der Waals surface area contributed by atoms with E-state index in [2.05, 4.69) is 11.8 Å². The molecule has 0 unspecified atom stereocenters. The first-order valence-corrected chi connectivity index (χ1v) is 5.95. The summed E-state index contributed by atoms with van der Waals surface area (Å²) in [5.41, 5.74) is 1.13. The van der Waals surface area contributed by atoms with E-state index in [9.17, 15) is 10.2 Å². The van der Waals surface area contributed by atoms with Crippen molar-refractivity contribution in [3.8, 4) is 11.5 Å². The fraction of sp³-hybridized carbons (Fsp3) is 0.538. The summed E-state index contributed by atoms with van der Waals surface area (Å²) in [4.78, 5) is 2.45. The smallest absolute Gasteiger partial charge is 0.157 e. The zero-order chi connectivity index (χ0) is 11.5. The number of likely N-dealkylation sites (tertiary alicyclic amines) is 1. The van der Waals surface area contributed by atoms with Crippen LogP contribution < -0.4 is 0 Å². The Morgan fingerprint density at radius 2 is 2.12 bits per heavy atom. The molecular formula is C13H19NO2. The zero-order valence-corrected chi connectivity index (χ0v) is 9.69. The van der Waals surface area contributed by atoms with Gasteiger partial charge in [-0.1, -0.05) is 13.0 Å². The summed E-state index contributed by atoms with van der Waals surface area (Å²) in [5.74, 6) is 0.455. The summed E-state index contributed by atoms with van der Waals surface area (Å²) >= 11 is 0. The molecule has 2 rings (SSSR count). The van der Waals surface area contributed by atoms with Crippen LogP contribution in [0.2, 0.25) is 0 Å². The van der Waals surface area contributed by atoms with Crippen LogP contribution in [0.5, 0.6) is 11.5 Å². The molecule has 1 saturated heterocycles. The van der Waals surface area contributed by atoms with Crippen molar-refractivity contribution >= 4 is 0 Å². The molecule has 0 radical (unpaired) electrons. The molecule has 1 aliphatic heterocycles. The van der Waals surface area contributed by atoms with Gasteiger partial charge in [0.15, 0.2) is 11.5 Å². The lowest BCUT2D eigenvalue weighted by atomic mass is 9.98. The Morgan fingerprint density at radius 1 is 1.31 bits per heavy atom. The van der Waals surface area contributed by atoms with Crippen LogP contribution in [0.1, 0.15) is 31.2 Å². The largest absolute Gasteiger partial charge is 0.504 e. The summed E-state index contributed by atoms with van der Waals surface area (Å²) in [6.45, 7) is 5.55. The van der Waals surface area contributed by atoms with E-state index < -0.39 is 0 Å². The second kappa shape index (κ2) is 4.74. The second-order valence-corrected chi connectivity index (χ2v) is 4.53. The van der Waals surface area contributed by atoms with Crippen LogP contribution >= 0.6 is 0 Å². The van der Waals surface area contributed by atoms with E-state index in [4.69, 9.17) is 0 Å². The van der Waals surface area contributed by atoms with Gasteiger partial charge in [0.2, 0.25) is 0 Å². The van der Waals surface area contributed by atoms with Crippen LogP contribution in [0.25, 0.3) is 0 Å². The number of aromatic hydroxyl groups is 2. The highest BCUT2D eigenvalue weighted by molar-refractivity contribution is 5.42. The average molecular weight is 221 g/mol. The molecule has 1 fully saturated rings. The Bertz CT molecular complexity index is 365. The predicted octanol–water partition coefficient (Wildman–Crippen LogP) is 2.30. The molecule has 0 bridgehead atoms. The van der Waals surface area contributed by atoms with Crippen LogP contribution in [0, 0.1) is 0 Å². The molecule has 0 aliphatic carbocycles. The van der Waals surface area contributed by atoms with Gasteiger partial charge in [0.25, 0.3) is 0 Å². The van der Waals surface area contributed by atoms with Crippen molar-refractivity contribution in [3.05, 3.63) is 23.8 Å². The number of nitrogens with zero attached hydrogens (tertiary/aromatic N) is 1. The standard InChI is InChI=1S/C13H19NO2/c1-2-6-14-7-5-11(9-14)10-3-4-12(15)13(16)8-10/h3-4,8,11,15-16H,2,5-7,9H2,1H3/t11-/m1/s1. The van der Waals surface area contributed by atoms with Gasteiger partial charge >= 0.3 is 0 Å². The first-order valence-electron chi connectivity index (χ1n) is 5.95. The molecule has 1 aliphatic rings. The van der Waals surface area contributed by atoms with Crippen molar-refractivity contribution in [3.63, 3.8) is 0 Å². The van der Waals surface area contributed by atoms with E-state index in [0.717, 1.165) is 31.6 Å². The fourth-order valence-corrected chi connectivity index (χ4v) is 2.42. The lowest BCUT2D eigenvalue weighted by molar-refractivity contribution is 0.335. The van der Waals surface area contributed by atoms with Crippen LogP contribution in [-0.4, -0.2) is 34.7 Å². The fourth-order valence-electron chi connectivity index (χ4n) is 2.42. The van der Waals surface area contributed by atoms with Crippen molar-refractivity contribution in [2.45, 2.75) is 25.7 Å². The molecule has 0 spiro atoms. The molecule has 16 heavy (non-hydrogen) atoms. The molecule has 3 nitrogen and oxygen atoms in total. The molecule has 88 valence electrons. The lowest BCUT2D eigenvalue weighted by Crippen LogP contribution is -2.20. The van der Waals surface area contributed by atoms with Gasteiger partial charge in [0, 0.05) is 6.54 Å². The monoisotopic (exact) mass is 221 g/mol. The molecule has 1 heterocycles. The highest BCUT2D eigenvalue weighted by Crippen LogP contribution is 2.32. The topological polar surface area (TPSA) is 43.7 Å². The lowest BCUT2D eigenvalue weighted by Gasteiger charge is -2.15. The van der Waals surface area contributed by atoms with Gasteiger partial charge in [0.05, 0.1) is 0 Å². The Hall–Kier alpha value is -1.22. The first kappa shape index (κ1) is 11.3. The van der Waals surface area contributed by atoms with Crippen molar-refractivity contribution < 1.29 is 10.2 Å². The minimum Gasteiger partial charge on any atom is -0.504 e.